The standard InChI is InChI=1S/C23H27F3N4O2/c24-23(25,26)20-9-5-4-6-17(20)10-13-27-22(32)29-19-11-14-30(15-12-19)16-21(31)28-18-7-2-1-3-8-18/h1-9,19H,10-16H2,(H,28,31)(H2,27,29,32). The van der Waals surface area contributed by atoms with Crippen molar-refractivity contribution in [2.45, 2.75) is 31.5 Å². The number of alkyl halides is 3. The molecule has 1 heterocycles. The highest BCUT2D eigenvalue weighted by Crippen LogP contribution is 2.31. The Kier molecular flexibility index (Phi) is 8.10. The van der Waals surface area contributed by atoms with Gasteiger partial charge in [-0.05, 0) is 43.0 Å². The molecule has 6 nitrogen and oxygen atoms in total. The summed E-state index contributed by atoms with van der Waals surface area (Å²) >= 11 is 0. The van der Waals surface area contributed by atoms with Crippen molar-refractivity contribution in [2.24, 2.45) is 0 Å². The monoisotopic (exact) mass is 448 g/mol. The quantitative estimate of drug-likeness (QED) is 0.606. The van der Waals surface area contributed by atoms with Crippen LogP contribution in [-0.4, -0.2) is 49.1 Å². The minimum Gasteiger partial charge on any atom is -0.338 e. The van der Waals surface area contributed by atoms with E-state index in [1.165, 1.54) is 12.1 Å². The fraction of sp³-hybridized carbons (Fsp3) is 0.391. The van der Waals surface area contributed by atoms with Gasteiger partial charge in [0.15, 0.2) is 0 Å². The predicted octanol–water partition coefficient (Wildman–Crippen LogP) is 3.65. The van der Waals surface area contributed by atoms with Crippen molar-refractivity contribution >= 4 is 17.6 Å². The molecule has 32 heavy (non-hydrogen) atoms. The molecule has 0 spiro atoms. The molecule has 0 aliphatic carbocycles. The Morgan fingerprint density at radius 3 is 2.31 bits per heavy atom. The minimum absolute atomic E-state index is 0.0362. The fourth-order valence-corrected chi connectivity index (χ4v) is 3.72. The number of benzene rings is 2. The number of anilines is 1. The first-order valence-corrected chi connectivity index (χ1v) is 10.6. The van der Waals surface area contributed by atoms with Crippen LogP contribution in [0.5, 0.6) is 0 Å². The van der Waals surface area contributed by atoms with E-state index in [0.717, 1.165) is 11.8 Å². The molecule has 0 aromatic heterocycles. The smallest absolute Gasteiger partial charge is 0.338 e. The molecular formula is C23H27F3N4O2. The van der Waals surface area contributed by atoms with Crippen LogP contribution in [0.25, 0.3) is 0 Å². The average molecular weight is 448 g/mol. The van der Waals surface area contributed by atoms with Crippen LogP contribution in [0.4, 0.5) is 23.7 Å². The van der Waals surface area contributed by atoms with E-state index < -0.39 is 17.8 Å². The van der Waals surface area contributed by atoms with Crippen LogP contribution in [0.2, 0.25) is 0 Å². The summed E-state index contributed by atoms with van der Waals surface area (Å²) in [4.78, 5) is 26.3. The van der Waals surface area contributed by atoms with E-state index in [9.17, 15) is 22.8 Å². The normalized spacial score (nSPS) is 15.2. The number of carbonyl (C=O) groups is 2. The first kappa shape index (κ1) is 23.6. The number of amides is 3. The summed E-state index contributed by atoms with van der Waals surface area (Å²) in [7, 11) is 0. The van der Waals surface area contributed by atoms with E-state index in [0.29, 0.717) is 25.9 Å². The molecule has 3 rings (SSSR count). The molecule has 1 aliphatic heterocycles. The van der Waals surface area contributed by atoms with Crippen LogP contribution in [0, 0.1) is 0 Å². The molecular weight excluding hydrogens is 421 g/mol. The maximum Gasteiger partial charge on any atom is 0.416 e. The third-order valence-corrected chi connectivity index (χ3v) is 5.35. The van der Waals surface area contributed by atoms with Crippen molar-refractivity contribution in [1.29, 1.82) is 0 Å². The third-order valence-electron chi connectivity index (χ3n) is 5.35. The van der Waals surface area contributed by atoms with Crippen molar-refractivity contribution in [3.63, 3.8) is 0 Å². The summed E-state index contributed by atoms with van der Waals surface area (Å²) in [6, 6.07) is 14.2. The molecule has 0 saturated carbocycles. The van der Waals surface area contributed by atoms with Crippen LogP contribution >= 0.6 is 0 Å². The first-order chi connectivity index (χ1) is 15.3. The molecule has 0 bridgehead atoms. The second-order valence-electron chi connectivity index (χ2n) is 7.77. The average Bonchev–Trinajstić information content (AvgIpc) is 2.75. The van der Waals surface area contributed by atoms with Crippen LogP contribution in [0.1, 0.15) is 24.0 Å². The first-order valence-electron chi connectivity index (χ1n) is 10.6. The lowest BCUT2D eigenvalue weighted by Gasteiger charge is -2.31. The lowest BCUT2D eigenvalue weighted by Crippen LogP contribution is -2.49. The van der Waals surface area contributed by atoms with E-state index in [1.807, 2.05) is 35.2 Å². The summed E-state index contributed by atoms with van der Waals surface area (Å²) in [6.07, 6.45) is -2.92. The van der Waals surface area contributed by atoms with Gasteiger partial charge >= 0.3 is 12.2 Å². The van der Waals surface area contributed by atoms with Crippen molar-refractivity contribution in [1.82, 2.24) is 15.5 Å². The van der Waals surface area contributed by atoms with Gasteiger partial charge in [-0.15, -0.1) is 0 Å². The van der Waals surface area contributed by atoms with Crippen molar-refractivity contribution in [3.8, 4) is 0 Å². The van der Waals surface area contributed by atoms with Gasteiger partial charge in [0, 0.05) is 31.4 Å². The van der Waals surface area contributed by atoms with E-state index >= 15 is 0 Å². The highest BCUT2D eigenvalue weighted by molar-refractivity contribution is 5.92. The summed E-state index contributed by atoms with van der Waals surface area (Å²) < 4.78 is 39.1. The zero-order chi connectivity index (χ0) is 23.0. The number of carbonyl (C=O) groups excluding carboxylic acids is 2. The molecule has 1 aliphatic rings. The molecule has 0 radical (unpaired) electrons. The van der Waals surface area contributed by atoms with E-state index in [4.69, 9.17) is 0 Å². The predicted molar refractivity (Wildman–Crippen MR) is 116 cm³/mol. The topological polar surface area (TPSA) is 73.5 Å². The van der Waals surface area contributed by atoms with Gasteiger partial charge in [-0.25, -0.2) is 4.79 Å². The second kappa shape index (κ2) is 11.0. The summed E-state index contributed by atoms with van der Waals surface area (Å²) in [5.41, 5.74) is 0.233. The molecule has 3 amide bonds. The molecule has 2 aromatic carbocycles. The Bertz CT molecular complexity index is 898. The Morgan fingerprint density at radius 2 is 1.62 bits per heavy atom. The number of halogens is 3. The Labute approximate surface area is 185 Å². The number of rotatable bonds is 7. The van der Waals surface area contributed by atoms with Gasteiger partial charge in [-0.3, -0.25) is 9.69 Å². The second-order valence-corrected chi connectivity index (χ2v) is 7.77. The van der Waals surface area contributed by atoms with Gasteiger partial charge < -0.3 is 16.0 Å². The molecule has 172 valence electrons. The summed E-state index contributed by atoms with van der Waals surface area (Å²) in [5.74, 6) is -0.0838. The van der Waals surface area contributed by atoms with Crippen molar-refractivity contribution in [3.05, 3.63) is 65.7 Å². The summed E-state index contributed by atoms with van der Waals surface area (Å²) in [6.45, 7) is 1.74. The van der Waals surface area contributed by atoms with Crippen molar-refractivity contribution in [2.75, 3.05) is 31.5 Å². The minimum atomic E-state index is -4.41. The molecule has 0 unspecified atom stereocenters. The maximum absolute atomic E-state index is 13.0. The van der Waals surface area contributed by atoms with Crippen LogP contribution in [0.15, 0.2) is 54.6 Å². The van der Waals surface area contributed by atoms with Gasteiger partial charge in [0.2, 0.25) is 5.91 Å². The Balaban J connectivity index is 1.35. The number of piperidine rings is 1. The molecule has 0 atom stereocenters. The molecule has 2 aromatic rings. The number of urea groups is 1. The molecule has 9 heteroatoms. The van der Waals surface area contributed by atoms with Crippen LogP contribution in [-0.2, 0) is 17.4 Å². The highest BCUT2D eigenvalue weighted by Gasteiger charge is 2.32. The molecule has 3 N–H and O–H groups in total. The molecule has 1 fully saturated rings. The van der Waals surface area contributed by atoms with Crippen LogP contribution in [0.3, 0.4) is 0 Å². The highest BCUT2D eigenvalue weighted by atomic mass is 19.4. The largest absolute Gasteiger partial charge is 0.416 e. The van der Waals surface area contributed by atoms with Gasteiger partial charge in [-0.2, -0.15) is 13.2 Å². The zero-order valence-corrected chi connectivity index (χ0v) is 17.6. The number of nitrogens with one attached hydrogen (secondary N) is 3. The number of nitrogens with zero attached hydrogens (tertiary/aromatic N) is 1. The third kappa shape index (κ3) is 7.26. The van der Waals surface area contributed by atoms with E-state index in [2.05, 4.69) is 16.0 Å². The Hall–Kier alpha value is -3.07. The number of para-hydroxylation sites is 1. The Morgan fingerprint density at radius 1 is 0.969 bits per heavy atom. The van der Waals surface area contributed by atoms with E-state index in [1.54, 1.807) is 6.07 Å². The van der Waals surface area contributed by atoms with E-state index in [-0.39, 0.29) is 37.0 Å². The van der Waals surface area contributed by atoms with Gasteiger partial charge in [0.05, 0.1) is 12.1 Å². The SMILES string of the molecule is O=C(CN1CCC(NC(=O)NCCc2ccccc2C(F)(F)F)CC1)Nc1ccccc1. The van der Waals surface area contributed by atoms with Gasteiger partial charge in [0.25, 0.3) is 0 Å². The van der Waals surface area contributed by atoms with Crippen molar-refractivity contribution < 1.29 is 22.8 Å². The van der Waals surface area contributed by atoms with Gasteiger partial charge in [0.1, 0.15) is 0 Å². The summed E-state index contributed by atoms with van der Waals surface area (Å²) in [5, 5.41) is 8.35. The lowest BCUT2D eigenvalue weighted by molar-refractivity contribution is -0.138. The van der Waals surface area contributed by atoms with Crippen LogP contribution < -0.4 is 16.0 Å². The van der Waals surface area contributed by atoms with Gasteiger partial charge in [-0.1, -0.05) is 36.4 Å². The zero-order valence-electron chi connectivity index (χ0n) is 17.6. The maximum atomic E-state index is 13.0. The number of hydrogen-bond donors (Lipinski definition) is 3. The lowest BCUT2D eigenvalue weighted by atomic mass is 10.0. The number of hydrogen-bond acceptors (Lipinski definition) is 3. The molecule has 1 saturated heterocycles. The number of likely N-dealkylation sites (tertiary alicyclic amines) is 1. The fourth-order valence-electron chi connectivity index (χ4n) is 3.72.